The molecule has 0 saturated heterocycles. The molecule has 5 nitrogen and oxygen atoms in total. The zero-order chi connectivity index (χ0) is 11.1. The third-order valence-electron chi connectivity index (χ3n) is 1.74. The van der Waals surface area contributed by atoms with Crippen molar-refractivity contribution in [2.24, 2.45) is 10.9 Å². The van der Waals surface area contributed by atoms with Crippen molar-refractivity contribution in [3.8, 4) is 5.75 Å². The van der Waals surface area contributed by atoms with Crippen LogP contribution in [0, 0.1) is 0 Å². The topological polar surface area (TPSA) is 88.1 Å². The molecule has 0 aliphatic heterocycles. The molecule has 0 spiro atoms. The lowest BCUT2D eigenvalue weighted by Crippen LogP contribution is -2.24. The maximum absolute atomic E-state index is 9.35. The number of aliphatic hydroxyl groups is 1. The number of benzene rings is 1. The highest BCUT2D eigenvalue weighted by atomic mass is 16.6. The Hall–Kier alpha value is -1.59. The van der Waals surface area contributed by atoms with E-state index in [1.807, 2.05) is 0 Å². The van der Waals surface area contributed by atoms with Crippen LogP contribution in [0.1, 0.15) is 5.56 Å². The molecule has 0 heterocycles. The molecule has 82 valence electrons. The lowest BCUT2D eigenvalue weighted by molar-refractivity contribution is 0.0456. The van der Waals surface area contributed by atoms with Gasteiger partial charge in [0.15, 0.2) is 0 Å². The summed E-state index contributed by atoms with van der Waals surface area (Å²) in [4.78, 5) is 4.77. The second-order valence-corrected chi connectivity index (χ2v) is 2.98. The molecule has 0 radical (unpaired) electrons. The summed E-state index contributed by atoms with van der Waals surface area (Å²) >= 11 is 0. The monoisotopic (exact) mass is 210 g/mol. The second kappa shape index (κ2) is 6.00. The Morgan fingerprint density at radius 1 is 1.47 bits per heavy atom. The Morgan fingerprint density at radius 3 is 2.87 bits per heavy atom. The zero-order valence-electron chi connectivity index (χ0n) is 8.21. The second-order valence-electron chi connectivity index (χ2n) is 2.98. The number of phenolic OH excluding ortho intramolecular Hbond substituents is 1. The first-order chi connectivity index (χ1) is 7.24. The average molecular weight is 210 g/mol. The number of nitrogens with zero attached hydrogens (tertiary/aromatic N) is 1. The Balaban J connectivity index is 2.42. The molecule has 0 aliphatic rings. The molecule has 1 rings (SSSR count). The molecule has 0 aromatic heterocycles. The van der Waals surface area contributed by atoms with Crippen molar-refractivity contribution in [2.75, 3.05) is 13.2 Å². The highest BCUT2D eigenvalue weighted by Gasteiger charge is 1.99. The molecule has 0 bridgehead atoms. The molecule has 4 N–H and O–H groups in total. The summed E-state index contributed by atoms with van der Waals surface area (Å²) in [6.45, 7) is 0.173. The number of aromatic hydroxyl groups is 1. The van der Waals surface area contributed by atoms with E-state index in [2.05, 4.69) is 5.16 Å². The molecule has 1 atom stereocenters. The zero-order valence-corrected chi connectivity index (χ0v) is 8.21. The van der Waals surface area contributed by atoms with E-state index < -0.39 is 6.10 Å². The third kappa shape index (κ3) is 3.97. The molecule has 1 unspecified atom stereocenters. The fraction of sp³-hybridized carbons (Fsp3) is 0.300. The van der Waals surface area contributed by atoms with Crippen LogP contribution in [0.3, 0.4) is 0 Å². The summed E-state index contributed by atoms with van der Waals surface area (Å²) in [5, 5.41) is 22.0. The summed E-state index contributed by atoms with van der Waals surface area (Å²) in [6, 6.07) is 6.74. The molecule has 0 saturated carbocycles. The van der Waals surface area contributed by atoms with E-state index in [4.69, 9.17) is 15.7 Å². The van der Waals surface area contributed by atoms with Gasteiger partial charge >= 0.3 is 0 Å². The van der Waals surface area contributed by atoms with Gasteiger partial charge in [-0.05, 0) is 12.1 Å². The van der Waals surface area contributed by atoms with Crippen LogP contribution in [0.2, 0.25) is 0 Å². The van der Waals surface area contributed by atoms with Crippen molar-refractivity contribution in [1.82, 2.24) is 0 Å². The van der Waals surface area contributed by atoms with Crippen LogP contribution in [0.25, 0.3) is 0 Å². The molecule has 5 heteroatoms. The predicted octanol–water partition coefficient (Wildman–Crippen LogP) is 0.0623. The number of rotatable bonds is 5. The highest BCUT2D eigenvalue weighted by molar-refractivity contribution is 5.82. The average Bonchev–Trinajstić information content (AvgIpc) is 2.26. The molecular formula is C10H14N2O3. The fourth-order valence-electron chi connectivity index (χ4n) is 0.888. The van der Waals surface area contributed by atoms with Gasteiger partial charge in [0.2, 0.25) is 0 Å². The Morgan fingerprint density at radius 2 is 2.20 bits per heavy atom. The maximum Gasteiger partial charge on any atom is 0.144 e. The normalized spacial score (nSPS) is 12.9. The number of nitrogens with two attached hydrogens (primary N) is 1. The van der Waals surface area contributed by atoms with Crippen molar-refractivity contribution >= 4 is 6.21 Å². The van der Waals surface area contributed by atoms with Gasteiger partial charge < -0.3 is 20.8 Å². The molecule has 1 aromatic rings. The Bertz CT molecular complexity index is 328. The van der Waals surface area contributed by atoms with Crippen LogP contribution >= 0.6 is 0 Å². The minimum Gasteiger partial charge on any atom is -0.507 e. The standard InChI is InChI=1S/C10H14N2O3/c11-5-9(13)7-15-12-6-8-3-1-2-4-10(8)14/h1-4,6,9,13-14H,5,7,11H2. The smallest absolute Gasteiger partial charge is 0.144 e. The molecule has 0 aliphatic carbocycles. The van der Waals surface area contributed by atoms with Gasteiger partial charge in [0.05, 0.1) is 6.21 Å². The Kier molecular flexibility index (Phi) is 4.59. The molecule has 0 amide bonds. The van der Waals surface area contributed by atoms with Crippen LogP contribution < -0.4 is 5.73 Å². The van der Waals surface area contributed by atoms with E-state index in [1.165, 1.54) is 6.21 Å². The van der Waals surface area contributed by atoms with Gasteiger partial charge in [-0.15, -0.1) is 0 Å². The van der Waals surface area contributed by atoms with Gasteiger partial charge in [0.25, 0.3) is 0 Å². The molecule has 1 aromatic carbocycles. The summed E-state index contributed by atoms with van der Waals surface area (Å²) < 4.78 is 0. The highest BCUT2D eigenvalue weighted by Crippen LogP contribution is 2.12. The number of aliphatic hydroxyl groups excluding tert-OH is 1. The molecule has 15 heavy (non-hydrogen) atoms. The van der Waals surface area contributed by atoms with Crippen LogP contribution in [0.15, 0.2) is 29.4 Å². The number of hydrogen-bond acceptors (Lipinski definition) is 5. The summed E-state index contributed by atoms with van der Waals surface area (Å²) in [7, 11) is 0. The SMILES string of the molecule is NCC(O)CON=Cc1ccccc1O. The first-order valence-corrected chi connectivity index (χ1v) is 4.55. The minimum absolute atomic E-state index is 0.0423. The summed E-state index contributed by atoms with van der Waals surface area (Å²) in [5.41, 5.74) is 5.72. The predicted molar refractivity (Wildman–Crippen MR) is 56.7 cm³/mol. The van der Waals surface area contributed by atoms with Crippen LogP contribution in [-0.4, -0.2) is 35.7 Å². The van der Waals surface area contributed by atoms with E-state index in [1.54, 1.807) is 24.3 Å². The van der Waals surface area contributed by atoms with E-state index >= 15 is 0 Å². The van der Waals surface area contributed by atoms with E-state index in [0.29, 0.717) is 5.56 Å². The van der Waals surface area contributed by atoms with Gasteiger partial charge in [0.1, 0.15) is 18.5 Å². The van der Waals surface area contributed by atoms with Gasteiger partial charge in [0, 0.05) is 12.1 Å². The van der Waals surface area contributed by atoms with Gasteiger partial charge in [-0.3, -0.25) is 0 Å². The fourth-order valence-corrected chi connectivity index (χ4v) is 0.888. The van der Waals surface area contributed by atoms with Crippen LogP contribution in [0.4, 0.5) is 0 Å². The summed E-state index contributed by atoms with van der Waals surface area (Å²) in [6.07, 6.45) is 0.657. The largest absolute Gasteiger partial charge is 0.507 e. The third-order valence-corrected chi connectivity index (χ3v) is 1.74. The van der Waals surface area contributed by atoms with E-state index in [0.717, 1.165) is 0 Å². The van der Waals surface area contributed by atoms with Crippen molar-refractivity contribution < 1.29 is 15.1 Å². The van der Waals surface area contributed by atoms with Gasteiger partial charge in [-0.25, -0.2) is 0 Å². The minimum atomic E-state index is -0.716. The maximum atomic E-state index is 9.35. The van der Waals surface area contributed by atoms with Gasteiger partial charge in [-0.1, -0.05) is 17.3 Å². The number of hydrogen-bond donors (Lipinski definition) is 3. The van der Waals surface area contributed by atoms with Crippen molar-refractivity contribution in [3.05, 3.63) is 29.8 Å². The number of para-hydroxylation sites is 1. The quantitative estimate of drug-likeness (QED) is 0.473. The summed E-state index contributed by atoms with van der Waals surface area (Å²) in [5.74, 6) is 0.129. The Labute approximate surface area is 87.8 Å². The van der Waals surface area contributed by atoms with Crippen LogP contribution in [-0.2, 0) is 4.84 Å². The first-order valence-electron chi connectivity index (χ1n) is 4.55. The number of oxime groups is 1. The molecule has 0 fully saturated rings. The van der Waals surface area contributed by atoms with Gasteiger partial charge in [-0.2, -0.15) is 0 Å². The lowest BCUT2D eigenvalue weighted by Gasteiger charge is -2.04. The van der Waals surface area contributed by atoms with E-state index in [9.17, 15) is 5.11 Å². The first kappa shape index (κ1) is 11.5. The number of phenols is 1. The van der Waals surface area contributed by atoms with Crippen LogP contribution in [0.5, 0.6) is 5.75 Å². The van der Waals surface area contributed by atoms with Crippen molar-refractivity contribution in [3.63, 3.8) is 0 Å². The lowest BCUT2D eigenvalue weighted by atomic mass is 10.2. The van der Waals surface area contributed by atoms with Crippen molar-refractivity contribution in [2.45, 2.75) is 6.10 Å². The van der Waals surface area contributed by atoms with Crippen molar-refractivity contribution in [1.29, 1.82) is 0 Å². The molecular weight excluding hydrogens is 196 g/mol. The van der Waals surface area contributed by atoms with E-state index in [-0.39, 0.29) is 18.9 Å².